The van der Waals surface area contributed by atoms with E-state index < -0.39 is 56.1 Å². The van der Waals surface area contributed by atoms with Crippen molar-refractivity contribution in [1.29, 1.82) is 0 Å². The van der Waals surface area contributed by atoms with Crippen LogP contribution in [0, 0.1) is 0 Å². The third-order valence-electron chi connectivity index (χ3n) is 8.18. The summed E-state index contributed by atoms with van der Waals surface area (Å²) in [5, 5.41) is 31.8. The van der Waals surface area contributed by atoms with Gasteiger partial charge in [0, 0.05) is 19.0 Å². The zero-order chi connectivity index (χ0) is 32.7. The first kappa shape index (κ1) is 42.8. The molecule has 0 amide bonds. The Bertz CT molecular complexity index is 769. The Labute approximate surface area is 263 Å². The van der Waals surface area contributed by atoms with Gasteiger partial charge >= 0.3 is 8.80 Å². The Morgan fingerprint density at radius 3 is 1.60 bits per heavy atom. The average molecular weight is 660 g/mol. The molecular weight excluding hydrogens is 592 g/mol. The highest BCUT2D eigenvalue weighted by Crippen LogP contribution is 2.16. The van der Waals surface area contributed by atoms with Gasteiger partial charge in [-0.05, 0) is 12.8 Å². The van der Waals surface area contributed by atoms with Crippen molar-refractivity contribution in [2.24, 2.45) is 0 Å². The molecule has 0 bridgehead atoms. The third-order valence-corrected chi connectivity index (χ3v) is 10.6. The number of quaternary nitrogens is 1. The molecule has 1 unspecified atom stereocenters. The number of aliphatic hydroxyl groups excluding tert-OH is 3. The standard InChI is InChI=1S/C30H66N2O9SSi/c1-4-5-6-7-8-9-10-11-12-13-14-15-16-17-18-19-21-32(2,3)22-20-23-43(39,40)41-28-30(26-33,27-34)31-24-29(35)25-42(36,37)38/h29,31,33-35,39-40H,4-28H2,1-3H3/p+1. The van der Waals surface area contributed by atoms with Crippen LogP contribution in [0.5, 0.6) is 0 Å². The fourth-order valence-electron chi connectivity index (χ4n) is 5.20. The molecule has 0 radical (unpaired) electrons. The van der Waals surface area contributed by atoms with Gasteiger partial charge in [0.25, 0.3) is 10.1 Å². The molecule has 0 aromatic carbocycles. The van der Waals surface area contributed by atoms with Gasteiger partial charge in [0.1, 0.15) is 5.75 Å². The number of nitrogens with one attached hydrogen (secondary N) is 1. The van der Waals surface area contributed by atoms with Crippen molar-refractivity contribution in [2.75, 3.05) is 59.3 Å². The van der Waals surface area contributed by atoms with Crippen LogP contribution >= 0.6 is 0 Å². The summed E-state index contributed by atoms with van der Waals surface area (Å²) in [4.78, 5) is 20.9. The van der Waals surface area contributed by atoms with E-state index in [9.17, 15) is 33.3 Å². The van der Waals surface area contributed by atoms with Crippen molar-refractivity contribution in [1.82, 2.24) is 5.32 Å². The van der Waals surface area contributed by atoms with Gasteiger partial charge in [-0.2, -0.15) is 8.42 Å². The molecule has 0 saturated carbocycles. The summed E-state index contributed by atoms with van der Waals surface area (Å²) in [7, 11) is -4.22. The van der Waals surface area contributed by atoms with E-state index in [4.69, 9.17) is 8.98 Å². The maximum Gasteiger partial charge on any atom is 0.495 e. The van der Waals surface area contributed by atoms with Crippen LogP contribution in [0.25, 0.3) is 0 Å². The summed E-state index contributed by atoms with van der Waals surface area (Å²) in [5.41, 5.74) is -1.52. The molecule has 13 heteroatoms. The number of hydrogen-bond donors (Lipinski definition) is 7. The van der Waals surface area contributed by atoms with Crippen LogP contribution in [-0.4, -0.2) is 122 Å². The van der Waals surface area contributed by atoms with Crippen molar-refractivity contribution in [3.8, 4) is 0 Å². The van der Waals surface area contributed by atoms with E-state index in [1.807, 2.05) is 0 Å². The first-order chi connectivity index (χ1) is 20.2. The lowest BCUT2D eigenvalue weighted by Crippen LogP contribution is -2.59. The van der Waals surface area contributed by atoms with Crippen LogP contribution in [0.1, 0.15) is 116 Å². The number of β-amino-alcohol motifs (C(OH)–C–C–N with tert-alkyl or cyclic N) is 1. The minimum Gasteiger partial charge on any atom is -0.394 e. The lowest BCUT2D eigenvalue weighted by molar-refractivity contribution is -0.890. The normalized spacial score (nSPS) is 14.0. The summed E-state index contributed by atoms with van der Waals surface area (Å²) in [5.74, 6) is -0.917. The highest BCUT2D eigenvalue weighted by atomic mass is 32.2. The first-order valence-electron chi connectivity index (χ1n) is 16.7. The maximum atomic E-state index is 10.9. The summed E-state index contributed by atoms with van der Waals surface area (Å²) < 4.78 is 36.7. The van der Waals surface area contributed by atoms with E-state index >= 15 is 0 Å². The number of nitrogens with zero attached hydrogens (tertiary/aromatic N) is 1. The molecule has 1 atom stereocenters. The molecule has 11 nitrogen and oxygen atoms in total. The minimum absolute atomic E-state index is 0.0615. The van der Waals surface area contributed by atoms with Crippen LogP contribution in [0.2, 0.25) is 6.04 Å². The average Bonchev–Trinajstić information content (AvgIpc) is 2.92. The molecule has 0 aliphatic heterocycles. The topological polar surface area (TPSA) is 177 Å². The highest BCUT2D eigenvalue weighted by molar-refractivity contribution is 7.85. The Hall–Kier alpha value is -0.193. The van der Waals surface area contributed by atoms with Gasteiger partial charge in [0.05, 0.1) is 58.6 Å². The van der Waals surface area contributed by atoms with Crippen molar-refractivity contribution >= 4 is 18.9 Å². The van der Waals surface area contributed by atoms with E-state index in [-0.39, 0.29) is 12.6 Å². The monoisotopic (exact) mass is 659 g/mol. The lowest BCUT2D eigenvalue weighted by Gasteiger charge is -2.34. The Morgan fingerprint density at radius 1 is 0.767 bits per heavy atom. The van der Waals surface area contributed by atoms with E-state index in [0.29, 0.717) is 6.42 Å². The van der Waals surface area contributed by atoms with Crippen LogP contribution in [0.15, 0.2) is 0 Å². The maximum absolute atomic E-state index is 10.9. The molecule has 260 valence electrons. The number of unbranched alkanes of at least 4 members (excludes halogenated alkanes) is 15. The van der Waals surface area contributed by atoms with Gasteiger partial charge in [-0.15, -0.1) is 0 Å². The second kappa shape index (κ2) is 24.0. The van der Waals surface area contributed by atoms with Crippen molar-refractivity contribution < 1.29 is 46.8 Å². The van der Waals surface area contributed by atoms with Gasteiger partial charge in [-0.3, -0.25) is 4.55 Å². The molecule has 0 fully saturated rings. The summed E-state index contributed by atoms with van der Waals surface area (Å²) in [6, 6.07) is 0.0615. The first-order valence-corrected chi connectivity index (χ1v) is 20.3. The number of aliphatic hydroxyl groups is 3. The molecule has 43 heavy (non-hydrogen) atoms. The molecule has 0 heterocycles. The quantitative estimate of drug-likeness (QED) is 0.0253. The van der Waals surface area contributed by atoms with Crippen LogP contribution in [0.3, 0.4) is 0 Å². The summed E-state index contributed by atoms with van der Waals surface area (Å²) >= 11 is 0. The van der Waals surface area contributed by atoms with E-state index in [2.05, 4.69) is 26.3 Å². The summed E-state index contributed by atoms with van der Waals surface area (Å²) in [6.45, 7) is 1.89. The smallest absolute Gasteiger partial charge is 0.394 e. The van der Waals surface area contributed by atoms with Crippen LogP contribution < -0.4 is 5.32 Å². The molecule has 0 aliphatic rings. The van der Waals surface area contributed by atoms with E-state index in [1.54, 1.807) is 0 Å². The van der Waals surface area contributed by atoms with Gasteiger partial charge in [-0.25, -0.2) is 0 Å². The SMILES string of the molecule is CCCCCCCCCCCCCCCCCC[N+](C)(C)CCC[Si](O)(O)OCC(CO)(CO)NCC(O)CS(=O)(=O)O. The highest BCUT2D eigenvalue weighted by Gasteiger charge is 2.38. The number of rotatable bonds is 31. The van der Waals surface area contributed by atoms with Crippen molar-refractivity contribution in [3.63, 3.8) is 0 Å². The summed E-state index contributed by atoms with van der Waals surface area (Å²) in [6.07, 6.45) is 20.5. The zero-order valence-electron chi connectivity index (χ0n) is 27.5. The van der Waals surface area contributed by atoms with Crippen molar-refractivity contribution in [3.05, 3.63) is 0 Å². The van der Waals surface area contributed by atoms with Gasteiger partial charge in [0.15, 0.2) is 0 Å². The molecule has 0 rings (SSSR count). The molecule has 7 N–H and O–H groups in total. The largest absolute Gasteiger partial charge is 0.495 e. The molecular formula is C30H67N2O9SSi+. The second-order valence-electron chi connectivity index (χ2n) is 13.2. The second-order valence-corrected chi connectivity index (χ2v) is 17.0. The van der Waals surface area contributed by atoms with Gasteiger partial charge in [-0.1, -0.05) is 96.8 Å². The Balaban J connectivity index is 4.03. The third kappa shape index (κ3) is 25.7. The van der Waals surface area contributed by atoms with E-state index in [0.717, 1.165) is 24.0 Å². The molecule has 0 saturated heterocycles. The fourth-order valence-corrected chi connectivity index (χ4v) is 7.08. The fraction of sp³-hybridized carbons (Fsp3) is 1.00. The predicted molar refractivity (Wildman–Crippen MR) is 174 cm³/mol. The molecule has 0 aromatic heterocycles. The Kier molecular flexibility index (Phi) is 23.9. The molecule has 0 aromatic rings. The zero-order valence-corrected chi connectivity index (χ0v) is 29.3. The lowest BCUT2D eigenvalue weighted by atomic mass is 10.0. The molecule has 0 spiro atoms. The Morgan fingerprint density at radius 2 is 1.19 bits per heavy atom. The van der Waals surface area contributed by atoms with Crippen molar-refractivity contribution in [2.45, 2.75) is 134 Å². The van der Waals surface area contributed by atoms with E-state index in [1.165, 1.54) is 96.3 Å². The number of hydrogen-bond acceptors (Lipinski definition) is 9. The van der Waals surface area contributed by atoms with Gasteiger partial charge in [0.2, 0.25) is 0 Å². The predicted octanol–water partition coefficient (Wildman–Crippen LogP) is 3.22. The molecule has 0 aliphatic carbocycles. The van der Waals surface area contributed by atoms with Crippen LogP contribution in [-0.2, 0) is 14.5 Å². The van der Waals surface area contributed by atoms with Gasteiger partial charge < -0.3 is 39.1 Å². The minimum atomic E-state index is -4.40. The van der Waals surface area contributed by atoms with Crippen LogP contribution in [0.4, 0.5) is 0 Å².